The van der Waals surface area contributed by atoms with Crippen LogP contribution in [0.15, 0.2) is 182 Å². The van der Waals surface area contributed by atoms with E-state index in [9.17, 15) is 0 Å². The van der Waals surface area contributed by atoms with Crippen LogP contribution in [0.3, 0.4) is 0 Å². The van der Waals surface area contributed by atoms with Gasteiger partial charge in [-0.3, -0.25) is 4.40 Å². The van der Waals surface area contributed by atoms with Crippen LogP contribution in [0.1, 0.15) is 0 Å². The Morgan fingerprint density at radius 1 is 0.351 bits per heavy atom. The Kier molecular flexibility index (Phi) is 6.51. The van der Waals surface area contributed by atoms with Crippen molar-refractivity contribution in [2.24, 2.45) is 0 Å². The minimum absolute atomic E-state index is 1.01. The molecule has 0 aliphatic heterocycles. The molecule has 13 aromatic rings. The molecule has 0 fully saturated rings. The standard InChI is InChI=1S/C53H30N2S2/c1-2-9-37-26-40-29-48-46(28-39(40)25-36(37)8-1)54-53-52-45(43-23-21-34-7-3-4-10-41(34)51(43)57-52)30-47(55(48)53)35-19-17-32(18-20-35)31-13-15-33(16-14-31)38-22-24-50-44(27-38)42-11-5-6-12-49(42)56-50/h1-30H. The minimum atomic E-state index is 1.01. The van der Waals surface area contributed by atoms with Gasteiger partial charge >= 0.3 is 0 Å². The Bertz CT molecular complexity index is 3790. The Hall–Kier alpha value is -6.85. The molecule has 4 aromatic heterocycles. The van der Waals surface area contributed by atoms with Crippen molar-refractivity contribution in [1.29, 1.82) is 0 Å². The van der Waals surface area contributed by atoms with E-state index in [1.807, 2.05) is 22.7 Å². The van der Waals surface area contributed by atoms with Crippen LogP contribution in [-0.4, -0.2) is 9.38 Å². The third-order valence-electron chi connectivity index (χ3n) is 11.9. The van der Waals surface area contributed by atoms with E-state index in [4.69, 9.17) is 4.98 Å². The van der Waals surface area contributed by atoms with Crippen molar-refractivity contribution in [3.63, 3.8) is 0 Å². The normalized spacial score (nSPS) is 12.2. The molecule has 4 heterocycles. The summed E-state index contributed by atoms with van der Waals surface area (Å²) in [6.45, 7) is 0. The highest BCUT2D eigenvalue weighted by atomic mass is 32.1. The fraction of sp³-hybridized carbons (Fsp3) is 0. The third kappa shape index (κ3) is 4.72. The molecule has 57 heavy (non-hydrogen) atoms. The zero-order valence-electron chi connectivity index (χ0n) is 30.5. The number of thiophene rings is 2. The Labute approximate surface area is 335 Å². The van der Waals surface area contributed by atoms with Crippen molar-refractivity contribution in [3.8, 4) is 33.5 Å². The molecule has 9 aromatic carbocycles. The lowest BCUT2D eigenvalue weighted by atomic mass is 9.98. The van der Waals surface area contributed by atoms with Crippen molar-refractivity contribution in [3.05, 3.63) is 182 Å². The van der Waals surface area contributed by atoms with Crippen LogP contribution >= 0.6 is 22.7 Å². The van der Waals surface area contributed by atoms with E-state index in [1.54, 1.807) is 0 Å². The maximum atomic E-state index is 5.44. The van der Waals surface area contributed by atoms with Crippen molar-refractivity contribution in [2.75, 3.05) is 0 Å². The maximum Gasteiger partial charge on any atom is 0.156 e. The number of imidazole rings is 1. The minimum Gasteiger partial charge on any atom is -0.291 e. The Balaban J connectivity index is 0.964. The lowest BCUT2D eigenvalue weighted by Crippen LogP contribution is -1.93. The predicted molar refractivity (Wildman–Crippen MR) is 247 cm³/mol. The summed E-state index contributed by atoms with van der Waals surface area (Å²) < 4.78 is 7.61. The number of aromatic nitrogens is 2. The Morgan fingerprint density at radius 2 is 0.965 bits per heavy atom. The fourth-order valence-electron chi connectivity index (χ4n) is 9.07. The van der Waals surface area contributed by atoms with Crippen LogP contribution in [0.2, 0.25) is 0 Å². The van der Waals surface area contributed by atoms with E-state index in [1.165, 1.54) is 94.9 Å². The monoisotopic (exact) mass is 758 g/mol. The van der Waals surface area contributed by atoms with Crippen molar-refractivity contribution >= 4 is 112 Å². The molecule has 0 radical (unpaired) electrons. The van der Waals surface area contributed by atoms with Gasteiger partial charge in [0.2, 0.25) is 0 Å². The van der Waals surface area contributed by atoms with Crippen molar-refractivity contribution in [1.82, 2.24) is 9.38 Å². The first kappa shape index (κ1) is 31.4. The van der Waals surface area contributed by atoms with Crippen LogP contribution < -0.4 is 0 Å². The summed E-state index contributed by atoms with van der Waals surface area (Å²) in [5, 5.41) is 12.7. The molecule has 4 heteroatoms. The average molecular weight is 759 g/mol. The van der Waals surface area contributed by atoms with E-state index >= 15 is 0 Å². The first-order chi connectivity index (χ1) is 28.2. The van der Waals surface area contributed by atoms with Gasteiger partial charge < -0.3 is 0 Å². The van der Waals surface area contributed by atoms with Gasteiger partial charge in [0, 0.05) is 35.6 Å². The summed E-state index contributed by atoms with van der Waals surface area (Å²) in [7, 11) is 0. The fourth-order valence-corrected chi connectivity index (χ4v) is 11.5. The SMILES string of the molecule is c1ccc2cc3cc4c(cc3cc2c1)nc1c2sc3c5ccccc5ccc3c2cc(-c2ccc(-c3ccc(-c5ccc6sc7ccccc7c6c5)cc3)cc2)n41. The summed E-state index contributed by atoms with van der Waals surface area (Å²) in [6, 6.07) is 67.2. The number of rotatable bonds is 3. The first-order valence-electron chi connectivity index (χ1n) is 19.3. The molecular weight excluding hydrogens is 729 g/mol. The second kappa shape index (κ2) is 11.8. The zero-order valence-corrected chi connectivity index (χ0v) is 32.2. The summed E-state index contributed by atoms with van der Waals surface area (Å²) in [4.78, 5) is 5.44. The number of hydrogen-bond acceptors (Lipinski definition) is 3. The van der Waals surface area contributed by atoms with Gasteiger partial charge in [-0.25, -0.2) is 4.98 Å². The largest absolute Gasteiger partial charge is 0.291 e. The van der Waals surface area contributed by atoms with E-state index in [0.29, 0.717) is 0 Å². The average Bonchev–Trinajstić information content (AvgIpc) is 3.96. The van der Waals surface area contributed by atoms with Gasteiger partial charge in [0.25, 0.3) is 0 Å². The molecule has 0 saturated carbocycles. The van der Waals surface area contributed by atoms with E-state index in [0.717, 1.165) is 27.9 Å². The molecule has 0 unspecified atom stereocenters. The summed E-state index contributed by atoms with van der Waals surface area (Å²) in [5.74, 6) is 0. The molecule has 0 spiro atoms. The summed E-state index contributed by atoms with van der Waals surface area (Å²) in [6.07, 6.45) is 0. The van der Waals surface area contributed by atoms with Crippen molar-refractivity contribution < 1.29 is 0 Å². The maximum absolute atomic E-state index is 5.44. The van der Waals surface area contributed by atoms with Gasteiger partial charge in [-0.2, -0.15) is 0 Å². The molecule has 0 N–H and O–H groups in total. The molecule has 0 bridgehead atoms. The van der Waals surface area contributed by atoms with Crippen molar-refractivity contribution in [2.45, 2.75) is 0 Å². The molecule has 0 saturated heterocycles. The first-order valence-corrected chi connectivity index (χ1v) is 21.0. The molecule has 0 aliphatic carbocycles. The topological polar surface area (TPSA) is 17.3 Å². The number of pyridine rings is 1. The number of nitrogens with zero attached hydrogens (tertiary/aromatic N) is 2. The van der Waals surface area contributed by atoms with Crippen LogP contribution in [0.25, 0.3) is 123 Å². The third-order valence-corrected chi connectivity index (χ3v) is 14.3. The van der Waals surface area contributed by atoms with Gasteiger partial charge in [-0.15, -0.1) is 22.7 Å². The van der Waals surface area contributed by atoms with Gasteiger partial charge in [0.15, 0.2) is 5.65 Å². The molecule has 264 valence electrons. The van der Waals surface area contributed by atoms with Gasteiger partial charge in [0.1, 0.15) is 0 Å². The summed E-state index contributed by atoms with van der Waals surface area (Å²) >= 11 is 3.73. The molecule has 0 amide bonds. The van der Waals surface area contributed by atoms with E-state index in [-0.39, 0.29) is 0 Å². The zero-order chi connectivity index (χ0) is 37.2. The number of hydrogen-bond donors (Lipinski definition) is 0. The predicted octanol–water partition coefficient (Wildman–Crippen LogP) is 15.7. The highest BCUT2D eigenvalue weighted by Crippen LogP contribution is 2.44. The highest BCUT2D eigenvalue weighted by Gasteiger charge is 2.19. The van der Waals surface area contributed by atoms with Crippen LogP contribution in [0.4, 0.5) is 0 Å². The molecule has 13 rings (SSSR count). The highest BCUT2D eigenvalue weighted by molar-refractivity contribution is 7.27. The quantitative estimate of drug-likeness (QED) is 0.164. The lowest BCUT2D eigenvalue weighted by molar-refractivity contribution is 1.25. The molecule has 0 aliphatic rings. The summed E-state index contributed by atoms with van der Waals surface area (Å²) in [5.41, 5.74) is 10.3. The van der Waals surface area contributed by atoms with Crippen LogP contribution in [0, 0.1) is 0 Å². The smallest absolute Gasteiger partial charge is 0.156 e. The Morgan fingerprint density at radius 3 is 1.74 bits per heavy atom. The van der Waals surface area contributed by atoms with E-state index < -0.39 is 0 Å². The van der Waals surface area contributed by atoms with Crippen LogP contribution in [-0.2, 0) is 0 Å². The second-order valence-corrected chi connectivity index (χ2v) is 17.3. The van der Waals surface area contributed by atoms with E-state index in [2.05, 4.69) is 186 Å². The molecule has 2 nitrogen and oxygen atoms in total. The lowest BCUT2D eigenvalue weighted by Gasteiger charge is -2.11. The van der Waals surface area contributed by atoms with Gasteiger partial charge in [0.05, 0.1) is 21.4 Å². The molecule has 0 atom stereocenters. The van der Waals surface area contributed by atoms with Gasteiger partial charge in [-0.05, 0) is 109 Å². The second-order valence-electron chi connectivity index (χ2n) is 15.2. The number of benzene rings is 9. The molecular formula is C53H30N2S2. The number of fused-ring (bicyclic) bond motifs is 14. The van der Waals surface area contributed by atoms with Crippen LogP contribution in [0.5, 0.6) is 0 Å². The van der Waals surface area contributed by atoms with Gasteiger partial charge in [-0.1, -0.05) is 133 Å².